The number of aryl methyl sites for hydroxylation is 1. The molecule has 0 fully saturated rings. The van der Waals surface area contributed by atoms with Gasteiger partial charge in [-0.15, -0.1) is 0 Å². The second-order valence-electron chi connectivity index (χ2n) is 6.76. The third-order valence-corrected chi connectivity index (χ3v) is 4.90. The Kier molecular flexibility index (Phi) is 12.4. The number of benzene rings is 1. The topological polar surface area (TPSA) is 75.6 Å². The van der Waals surface area contributed by atoms with E-state index in [0.29, 0.717) is 30.9 Å². The molecule has 1 rings (SSSR count). The minimum atomic E-state index is -0.833. The van der Waals surface area contributed by atoms with Gasteiger partial charge in [-0.25, -0.2) is 0 Å². The maximum absolute atomic E-state index is 12.2. The molecule has 6 heteroatoms. The zero-order chi connectivity index (χ0) is 19.9. The Bertz CT molecular complexity index is 577. The van der Waals surface area contributed by atoms with Gasteiger partial charge in [-0.2, -0.15) is 11.8 Å². The monoisotopic (exact) mass is 395 g/mol. The van der Waals surface area contributed by atoms with E-state index in [4.69, 9.17) is 9.84 Å². The number of carboxylic acids is 1. The van der Waals surface area contributed by atoms with Crippen molar-refractivity contribution in [1.29, 1.82) is 0 Å². The zero-order valence-electron chi connectivity index (χ0n) is 16.6. The molecular weight excluding hydrogens is 362 g/mol. The van der Waals surface area contributed by atoms with Crippen molar-refractivity contribution in [3.05, 3.63) is 23.8 Å². The summed E-state index contributed by atoms with van der Waals surface area (Å²) in [6, 6.07) is 5.63. The van der Waals surface area contributed by atoms with Gasteiger partial charge in [0.1, 0.15) is 5.75 Å². The lowest BCUT2D eigenvalue weighted by atomic mass is 10.1. The predicted octanol–water partition coefficient (Wildman–Crippen LogP) is 5.27. The summed E-state index contributed by atoms with van der Waals surface area (Å²) < 4.78 is 5.68. The normalized spacial score (nSPS) is 10.6. The summed E-state index contributed by atoms with van der Waals surface area (Å²) >= 11 is 1.89. The maximum Gasteiger partial charge on any atom is 0.303 e. The van der Waals surface area contributed by atoms with Crippen molar-refractivity contribution in [3.63, 3.8) is 0 Å². The van der Waals surface area contributed by atoms with Crippen LogP contribution in [0.4, 0.5) is 5.69 Å². The van der Waals surface area contributed by atoms with Gasteiger partial charge in [-0.3, -0.25) is 9.59 Å². The molecule has 0 radical (unpaired) electrons. The Morgan fingerprint density at radius 3 is 2.44 bits per heavy atom. The molecule has 0 saturated heterocycles. The minimum absolute atomic E-state index is 0.00313. The Balaban J connectivity index is 2.32. The van der Waals surface area contributed by atoms with E-state index in [1.165, 1.54) is 31.4 Å². The first-order chi connectivity index (χ1) is 13.0. The standard InChI is InChI=1S/C21H33NO4S/c1-17-12-13-18(19(16-17)26-14-9-11-21(24)25)22-20(23)10-7-5-3-4-6-8-15-27-2/h12-13,16H,3-11,14-15H2,1-2H3,(H,22,23)(H,24,25). The van der Waals surface area contributed by atoms with Gasteiger partial charge in [-0.1, -0.05) is 31.7 Å². The first-order valence-electron chi connectivity index (χ1n) is 9.77. The highest BCUT2D eigenvalue weighted by Crippen LogP contribution is 2.26. The van der Waals surface area contributed by atoms with Crippen molar-refractivity contribution in [2.45, 2.75) is 64.7 Å². The minimum Gasteiger partial charge on any atom is -0.491 e. The maximum atomic E-state index is 12.2. The Hall–Kier alpha value is -1.69. The van der Waals surface area contributed by atoms with Gasteiger partial charge in [0.2, 0.25) is 5.91 Å². The first kappa shape index (κ1) is 23.3. The molecule has 0 aliphatic carbocycles. The fourth-order valence-corrected chi connectivity index (χ4v) is 3.20. The summed E-state index contributed by atoms with van der Waals surface area (Å²) in [5, 5.41) is 11.6. The third-order valence-electron chi connectivity index (χ3n) is 4.21. The van der Waals surface area contributed by atoms with E-state index >= 15 is 0 Å². The number of thioether (sulfide) groups is 1. The SMILES string of the molecule is CSCCCCCCCCC(=O)Nc1ccc(C)cc1OCCCC(=O)O. The summed E-state index contributed by atoms with van der Waals surface area (Å²) in [6.45, 7) is 2.27. The number of rotatable bonds is 15. The predicted molar refractivity (Wildman–Crippen MR) is 113 cm³/mol. The zero-order valence-corrected chi connectivity index (χ0v) is 17.4. The van der Waals surface area contributed by atoms with Gasteiger partial charge < -0.3 is 15.2 Å². The molecule has 1 aromatic carbocycles. The van der Waals surface area contributed by atoms with Crippen molar-refractivity contribution in [1.82, 2.24) is 0 Å². The molecule has 152 valence electrons. The van der Waals surface area contributed by atoms with E-state index < -0.39 is 5.97 Å². The summed E-state index contributed by atoms with van der Waals surface area (Å²) in [5.41, 5.74) is 1.68. The van der Waals surface area contributed by atoms with E-state index in [2.05, 4.69) is 11.6 Å². The highest BCUT2D eigenvalue weighted by Gasteiger charge is 2.09. The molecule has 0 unspecified atom stereocenters. The largest absolute Gasteiger partial charge is 0.491 e. The lowest BCUT2D eigenvalue weighted by molar-refractivity contribution is -0.137. The Morgan fingerprint density at radius 2 is 1.74 bits per heavy atom. The van der Waals surface area contributed by atoms with Crippen molar-refractivity contribution >= 4 is 29.3 Å². The fraction of sp³-hybridized carbons (Fsp3) is 0.619. The molecule has 1 aromatic rings. The van der Waals surface area contributed by atoms with Gasteiger partial charge in [0.05, 0.1) is 12.3 Å². The first-order valence-corrected chi connectivity index (χ1v) is 11.2. The Labute approximate surface area is 167 Å². The van der Waals surface area contributed by atoms with E-state index in [0.717, 1.165) is 18.4 Å². The second-order valence-corrected chi connectivity index (χ2v) is 7.74. The Morgan fingerprint density at radius 1 is 1.04 bits per heavy atom. The average molecular weight is 396 g/mol. The molecule has 0 atom stereocenters. The van der Waals surface area contributed by atoms with Gasteiger partial charge in [0, 0.05) is 12.8 Å². The van der Waals surface area contributed by atoms with Crippen LogP contribution in [-0.2, 0) is 9.59 Å². The molecule has 0 bridgehead atoms. The molecule has 2 N–H and O–H groups in total. The van der Waals surface area contributed by atoms with E-state index in [9.17, 15) is 9.59 Å². The molecule has 0 spiro atoms. The molecule has 0 aromatic heterocycles. The van der Waals surface area contributed by atoms with Crippen LogP contribution in [0.1, 0.15) is 63.4 Å². The lowest BCUT2D eigenvalue weighted by Gasteiger charge is -2.13. The summed E-state index contributed by atoms with van der Waals surface area (Å²) in [4.78, 5) is 22.8. The number of nitrogens with one attached hydrogen (secondary N) is 1. The number of unbranched alkanes of at least 4 members (excludes halogenated alkanes) is 5. The smallest absolute Gasteiger partial charge is 0.303 e. The van der Waals surface area contributed by atoms with Crippen molar-refractivity contribution < 1.29 is 19.4 Å². The fourth-order valence-electron chi connectivity index (χ4n) is 2.71. The molecule has 1 amide bonds. The van der Waals surface area contributed by atoms with E-state index in [-0.39, 0.29) is 12.3 Å². The van der Waals surface area contributed by atoms with Crippen LogP contribution < -0.4 is 10.1 Å². The van der Waals surface area contributed by atoms with Gasteiger partial charge in [-0.05, 0) is 55.9 Å². The molecule has 0 saturated carbocycles. The van der Waals surface area contributed by atoms with Crippen LogP contribution in [0.15, 0.2) is 18.2 Å². The van der Waals surface area contributed by atoms with Gasteiger partial charge in [0.15, 0.2) is 0 Å². The van der Waals surface area contributed by atoms with E-state index in [1.807, 2.05) is 36.9 Å². The third kappa shape index (κ3) is 11.6. The van der Waals surface area contributed by atoms with Crippen molar-refractivity contribution in [2.75, 3.05) is 23.9 Å². The number of hydrogen-bond acceptors (Lipinski definition) is 4. The number of carbonyl (C=O) groups is 2. The average Bonchev–Trinajstić information content (AvgIpc) is 2.63. The van der Waals surface area contributed by atoms with Crippen LogP contribution in [0.3, 0.4) is 0 Å². The van der Waals surface area contributed by atoms with Crippen LogP contribution in [0, 0.1) is 6.92 Å². The number of hydrogen-bond donors (Lipinski definition) is 2. The van der Waals surface area contributed by atoms with Crippen LogP contribution in [0.25, 0.3) is 0 Å². The number of carbonyl (C=O) groups excluding carboxylic acids is 1. The molecule has 27 heavy (non-hydrogen) atoms. The van der Waals surface area contributed by atoms with E-state index in [1.54, 1.807) is 0 Å². The number of amides is 1. The molecule has 0 aliphatic heterocycles. The van der Waals surface area contributed by atoms with Crippen LogP contribution >= 0.6 is 11.8 Å². The highest BCUT2D eigenvalue weighted by molar-refractivity contribution is 7.98. The lowest BCUT2D eigenvalue weighted by Crippen LogP contribution is -2.13. The van der Waals surface area contributed by atoms with Gasteiger partial charge in [0.25, 0.3) is 0 Å². The molecule has 5 nitrogen and oxygen atoms in total. The van der Waals surface area contributed by atoms with Crippen molar-refractivity contribution in [2.24, 2.45) is 0 Å². The quantitative estimate of drug-likeness (QED) is 0.396. The molecule has 0 aliphatic rings. The van der Waals surface area contributed by atoms with Crippen LogP contribution in [0.5, 0.6) is 5.75 Å². The number of ether oxygens (including phenoxy) is 1. The number of carboxylic acid groups (broad SMARTS) is 1. The number of anilines is 1. The summed E-state index contributed by atoms with van der Waals surface area (Å²) in [5.74, 6) is 0.999. The highest BCUT2D eigenvalue weighted by atomic mass is 32.2. The molecular formula is C21H33NO4S. The molecule has 0 heterocycles. The summed E-state index contributed by atoms with van der Waals surface area (Å²) in [7, 11) is 0. The number of aliphatic carboxylic acids is 1. The second kappa shape index (κ2) is 14.4. The summed E-state index contributed by atoms with van der Waals surface area (Å²) in [6.07, 6.45) is 10.1. The van der Waals surface area contributed by atoms with Crippen LogP contribution in [0.2, 0.25) is 0 Å². The van der Waals surface area contributed by atoms with Crippen molar-refractivity contribution in [3.8, 4) is 5.75 Å². The van der Waals surface area contributed by atoms with Crippen LogP contribution in [-0.4, -0.2) is 35.6 Å². The van der Waals surface area contributed by atoms with Gasteiger partial charge >= 0.3 is 5.97 Å².